The van der Waals surface area contributed by atoms with Crippen LogP contribution >= 0.6 is 0 Å². The van der Waals surface area contributed by atoms with Crippen molar-refractivity contribution in [3.05, 3.63) is 24.3 Å². The zero-order valence-electron chi connectivity index (χ0n) is 15.1. The average molecular weight is 333 g/mol. The van der Waals surface area contributed by atoms with E-state index in [1.54, 1.807) is 16.7 Å². The monoisotopic (exact) mass is 333 g/mol. The summed E-state index contributed by atoms with van der Waals surface area (Å²) in [5.74, 6) is 0.655. The molecule has 1 aliphatic rings. The third kappa shape index (κ3) is 4.19. The number of nitrogens with one attached hydrogen (secondary N) is 1. The second-order valence-electron chi connectivity index (χ2n) is 6.97. The normalized spacial score (nSPS) is 18.5. The van der Waals surface area contributed by atoms with E-state index in [0.717, 1.165) is 11.4 Å². The number of urea groups is 1. The molecule has 0 spiro atoms. The number of anilines is 1. The molecule has 1 N–H and O–H groups in total. The van der Waals surface area contributed by atoms with E-state index in [0.29, 0.717) is 19.7 Å². The van der Waals surface area contributed by atoms with Crippen LogP contribution in [0.3, 0.4) is 0 Å². The predicted octanol–water partition coefficient (Wildman–Crippen LogP) is 2.63. The highest BCUT2D eigenvalue weighted by Crippen LogP contribution is 2.25. The first-order valence-electron chi connectivity index (χ1n) is 8.36. The Hall–Kier alpha value is -2.24. The first kappa shape index (κ1) is 18.1. The first-order valence-corrected chi connectivity index (χ1v) is 8.36. The van der Waals surface area contributed by atoms with Gasteiger partial charge in [-0.2, -0.15) is 0 Å². The number of carbonyl (C=O) groups excluding carboxylic acids is 2. The Morgan fingerprint density at radius 3 is 2.67 bits per heavy atom. The molecule has 1 aromatic carbocycles. The van der Waals surface area contributed by atoms with Crippen LogP contribution in [0.5, 0.6) is 5.75 Å². The average Bonchev–Trinajstić information content (AvgIpc) is 2.48. The zero-order chi connectivity index (χ0) is 17.9. The number of benzene rings is 1. The Balaban J connectivity index is 2.12. The van der Waals surface area contributed by atoms with Gasteiger partial charge in [0.2, 0.25) is 5.91 Å². The molecule has 1 saturated heterocycles. The lowest BCUT2D eigenvalue weighted by Crippen LogP contribution is -2.61. The molecule has 1 aliphatic heterocycles. The molecule has 1 aromatic rings. The summed E-state index contributed by atoms with van der Waals surface area (Å²) in [4.78, 5) is 28.4. The maximum Gasteiger partial charge on any atom is 0.318 e. The fraction of sp³-hybridized carbons (Fsp3) is 0.556. The van der Waals surface area contributed by atoms with Crippen molar-refractivity contribution in [3.63, 3.8) is 0 Å². The Kier molecular flexibility index (Phi) is 5.36. The molecule has 1 fully saturated rings. The lowest BCUT2D eigenvalue weighted by Gasteiger charge is -2.40. The van der Waals surface area contributed by atoms with Crippen LogP contribution in [0, 0.1) is 0 Å². The van der Waals surface area contributed by atoms with E-state index < -0.39 is 6.04 Å². The summed E-state index contributed by atoms with van der Waals surface area (Å²) in [6.45, 7) is 11.0. The molecular weight excluding hydrogens is 306 g/mol. The minimum atomic E-state index is -0.503. The molecule has 6 heteroatoms. The van der Waals surface area contributed by atoms with E-state index in [-0.39, 0.29) is 17.5 Å². The summed E-state index contributed by atoms with van der Waals surface area (Å²) in [7, 11) is 0. The number of hydrogen-bond acceptors (Lipinski definition) is 3. The molecule has 24 heavy (non-hydrogen) atoms. The first-order chi connectivity index (χ1) is 11.2. The van der Waals surface area contributed by atoms with Crippen molar-refractivity contribution in [2.24, 2.45) is 0 Å². The van der Waals surface area contributed by atoms with Crippen LogP contribution in [0.15, 0.2) is 24.3 Å². The topological polar surface area (TPSA) is 61.9 Å². The standard InChI is InChI=1S/C18H27N3O3/c1-6-24-15-9-7-8-14(12-15)21-11-10-20(13(2)16(21)22)17(23)19-18(3,4)5/h7-9,12-13H,6,10-11H2,1-5H3,(H,19,23). The Labute approximate surface area is 143 Å². The number of carbonyl (C=O) groups is 2. The molecule has 0 aliphatic carbocycles. The summed E-state index contributed by atoms with van der Waals surface area (Å²) in [6, 6.07) is 6.78. The van der Waals surface area contributed by atoms with Crippen LogP contribution in [-0.2, 0) is 4.79 Å². The number of piperazine rings is 1. The predicted molar refractivity (Wildman–Crippen MR) is 94.4 cm³/mol. The van der Waals surface area contributed by atoms with Crippen molar-refractivity contribution in [3.8, 4) is 5.75 Å². The lowest BCUT2D eigenvalue weighted by molar-refractivity contribution is -0.124. The van der Waals surface area contributed by atoms with Crippen LogP contribution in [0.25, 0.3) is 0 Å². The van der Waals surface area contributed by atoms with Crippen LogP contribution in [-0.4, -0.2) is 48.1 Å². The van der Waals surface area contributed by atoms with Gasteiger partial charge in [-0.3, -0.25) is 4.79 Å². The van der Waals surface area contributed by atoms with Gasteiger partial charge in [-0.25, -0.2) is 4.79 Å². The lowest BCUT2D eigenvalue weighted by atomic mass is 10.1. The number of nitrogens with zero attached hydrogens (tertiary/aromatic N) is 2. The Morgan fingerprint density at radius 2 is 2.04 bits per heavy atom. The van der Waals surface area contributed by atoms with E-state index in [9.17, 15) is 9.59 Å². The minimum Gasteiger partial charge on any atom is -0.494 e. The van der Waals surface area contributed by atoms with E-state index in [1.165, 1.54) is 0 Å². The Morgan fingerprint density at radius 1 is 1.33 bits per heavy atom. The summed E-state index contributed by atoms with van der Waals surface area (Å²) >= 11 is 0. The van der Waals surface area contributed by atoms with Gasteiger partial charge < -0.3 is 19.9 Å². The van der Waals surface area contributed by atoms with Gasteiger partial charge in [0, 0.05) is 30.4 Å². The molecule has 1 heterocycles. The van der Waals surface area contributed by atoms with Gasteiger partial charge in [-0.05, 0) is 46.8 Å². The van der Waals surface area contributed by atoms with Gasteiger partial charge in [-0.15, -0.1) is 0 Å². The largest absolute Gasteiger partial charge is 0.494 e. The highest BCUT2D eigenvalue weighted by Gasteiger charge is 2.36. The molecule has 3 amide bonds. The minimum absolute atomic E-state index is 0.0843. The van der Waals surface area contributed by atoms with E-state index >= 15 is 0 Å². The summed E-state index contributed by atoms with van der Waals surface area (Å²) in [5, 5.41) is 2.92. The molecule has 1 unspecified atom stereocenters. The van der Waals surface area contributed by atoms with Crippen LogP contribution in [0.1, 0.15) is 34.6 Å². The molecule has 2 rings (SSSR count). The molecule has 132 valence electrons. The van der Waals surface area contributed by atoms with Crippen molar-refractivity contribution < 1.29 is 14.3 Å². The van der Waals surface area contributed by atoms with E-state index in [4.69, 9.17) is 4.74 Å². The van der Waals surface area contributed by atoms with Crippen LogP contribution in [0.4, 0.5) is 10.5 Å². The third-order valence-corrected chi connectivity index (χ3v) is 3.84. The van der Waals surface area contributed by atoms with Crippen molar-refractivity contribution in [2.75, 3.05) is 24.6 Å². The van der Waals surface area contributed by atoms with Gasteiger partial charge >= 0.3 is 6.03 Å². The number of amides is 3. The van der Waals surface area contributed by atoms with E-state index in [1.807, 2.05) is 52.0 Å². The second kappa shape index (κ2) is 7.11. The molecular formula is C18H27N3O3. The van der Waals surface area contributed by atoms with Gasteiger partial charge in [0.1, 0.15) is 11.8 Å². The quantitative estimate of drug-likeness (QED) is 0.925. The van der Waals surface area contributed by atoms with Crippen molar-refractivity contribution in [2.45, 2.75) is 46.2 Å². The molecule has 6 nitrogen and oxygen atoms in total. The highest BCUT2D eigenvalue weighted by molar-refractivity contribution is 6.00. The molecule has 0 bridgehead atoms. The van der Waals surface area contributed by atoms with Gasteiger partial charge in [0.15, 0.2) is 0 Å². The van der Waals surface area contributed by atoms with Crippen LogP contribution in [0.2, 0.25) is 0 Å². The van der Waals surface area contributed by atoms with Gasteiger partial charge in [0.25, 0.3) is 0 Å². The smallest absolute Gasteiger partial charge is 0.318 e. The van der Waals surface area contributed by atoms with Crippen LogP contribution < -0.4 is 15.0 Å². The second-order valence-corrected chi connectivity index (χ2v) is 6.97. The maximum atomic E-state index is 12.7. The highest BCUT2D eigenvalue weighted by atomic mass is 16.5. The van der Waals surface area contributed by atoms with Crippen molar-refractivity contribution >= 4 is 17.6 Å². The van der Waals surface area contributed by atoms with Crippen molar-refractivity contribution in [1.82, 2.24) is 10.2 Å². The van der Waals surface area contributed by atoms with Gasteiger partial charge in [-0.1, -0.05) is 6.07 Å². The molecule has 0 radical (unpaired) electrons. The number of ether oxygens (including phenoxy) is 1. The maximum absolute atomic E-state index is 12.7. The summed E-state index contributed by atoms with van der Waals surface area (Å²) < 4.78 is 5.50. The van der Waals surface area contributed by atoms with Gasteiger partial charge in [0.05, 0.1) is 6.61 Å². The summed E-state index contributed by atoms with van der Waals surface area (Å²) in [6.07, 6.45) is 0. The zero-order valence-corrected chi connectivity index (χ0v) is 15.1. The number of rotatable bonds is 3. The molecule has 1 atom stereocenters. The summed E-state index contributed by atoms with van der Waals surface area (Å²) in [5.41, 5.74) is 0.469. The molecule has 0 aromatic heterocycles. The number of hydrogen-bond donors (Lipinski definition) is 1. The Bertz CT molecular complexity index is 610. The van der Waals surface area contributed by atoms with Crippen molar-refractivity contribution in [1.29, 1.82) is 0 Å². The third-order valence-electron chi connectivity index (χ3n) is 3.84. The fourth-order valence-corrected chi connectivity index (χ4v) is 2.70. The SMILES string of the molecule is CCOc1cccc(N2CCN(C(=O)NC(C)(C)C)C(C)C2=O)c1. The molecule has 0 saturated carbocycles. The fourth-order valence-electron chi connectivity index (χ4n) is 2.70. The van der Waals surface area contributed by atoms with E-state index in [2.05, 4.69) is 5.32 Å².